The highest BCUT2D eigenvalue weighted by Gasteiger charge is 2.37. The van der Waals surface area contributed by atoms with Gasteiger partial charge in [-0.15, -0.1) is 0 Å². The molecule has 0 radical (unpaired) electrons. The molecule has 88 valence electrons. The van der Waals surface area contributed by atoms with Crippen LogP contribution in [0.25, 0.3) is 0 Å². The fourth-order valence-corrected chi connectivity index (χ4v) is 3.48. The van der Waals surface area contributed by atoms with E-state index in [1.165, 1.54) is 51.5 Å². The lowest BCUT2D eigenvalue weighted by atomic mass is 9.76. The van der Waals surface area contributed by atoms with E-state index in [2.05, 4.69) is 25.7 Å². The first-order valence-electron chi connectivity index (χ1n) is 6.87. The predicted molar refractivity (Wildman–Crippen MR) is 66.1 cm³/mol. The molecule has 1 unspecified atom stereocenters. The zero-order valence-electron chi connectivity index (χ0n) is 10.8. The minimum atomic E-state index is 0.537. The fourth-order valence-electron chi connectivity index (χ4n) is 3.48. The van der Waals surface area contributed by atoms with E-state index in [1.54, 1.807) is 0 Å². The van der Waals surface area contributed by atoms with Gasteiger partial charge in [0.25, 0.3) is 0 Å². The van der Waals surface area contributed by atoms with E-state index in [0.29, 0.717) is 5.41 Å². The quantitative estimate of drug-likeness (QED) is 0.634. The summed E-state index contributed by atoms with van der Waals surface area (Å²) in [7, 11) is 0. The summed E-state index contributed by atoms with van der Waals surface area (Å²) >= 11 is 0. The van der Waals surface area contributed by atoms with Gasteiger partial charge in [-0.25, -0.2) is 0 Å². The van der Waals surface area contributed by atoms with Crippen molar-refractivity contribution in [3.8, 4) is 0 Å². The van der Waals surface area contributed by atoms with Crippen molar-refractivity contribution in [1.82, 2.24) is 4.90 Å². The molecule has 0 aromatic carbocycles. The Morgan fingerprint density at radius 2 is 1.67 bits per heavy atom. The topological polar surface area (TPSA) is 3.24 Å². The molecule has 15 heavy (non-hydrogen) atoms. The lowest BCUT2D eigenvalue weighted by Crippen LogP contribution is -2.52. The standard InChI is InChI=1S/C14H27N/c1-12-14(2,3)10-7-11-15(12)13-8-5-4-6-9-13/h12-13H,4-11H2,1-3H3. The molecule has 1 aliphatic carbocycles. The second-order valence-corrected chi connectivity index (χ2v) is 6.30. The van der Waals surface area contributed by atoms with E-state index in [0.717, 1.165) is 12.1 Å². The van der Waals surface area contributed by atoms with Crippen LogP contribution in [0.1, 0.15) is 65.7 Å². The third-order valence-corrected chi connectivity index (χ3v) is 4.91. The number of rotatable bonds is 1. The van der Waals surface area contributed by atoms with Crippen molar-refractivity contribution in [2.24, 2.45) is 5.41 Å². The van der Waals surface area contributed by atoms with Gasteiger partial charge in [0.15, 0.2) is 0 Å². The molecule has 1 aliphatic heterocycles. The zero-order chi connectivity index (χ0) is 10.9. The van der Waals surface area contributed by atoms with Gasteiger partial charge in [0.1, 0.15) is 0 Å². The second-order valence-electron chi connectivity index (χ2n) is 6.30. The highest BCUT2D eigenvalue weighted by Crippen LogP contribution is 2.38. The van der Waals surface area contributed by atoms with E-state index >= 15 is 0 Å². The highest BCUT2D eigenvalue weighted by atomic mass is 15.2. The molecule has 0 amide bonds. The molecule has 1 saturated carbocycles. The molecule has 2 aliphatic rings. The van der Waals surface area contributed by atoms with Gasteiger partial charge >= 0.3 is 0 Å². The summed E-state index contributed by atoms with van der Waals surface area (Å²) in [6.45, 7) is 8.71. The molecular weight excluding hydrogens is 182 g/mol. The maximum absolute atomic E-state index is 2.82. The highest BCUT2D eigenvalue weighted by molar-refractivity contribution is 4.91. The predicted octanol–water partition coefficient (Wildman–Crippen LogP) is 3.83. The van der Waals surface area contributed by atoms with Crippen LogP contribution < -0.4 is 0 Å². The Morgan fingerprint density at radius 3 is 2.33 bits per heavy atom. The van der Waals surface area contributed by atoms with E-state index < -0.39 is 0 Å². The molecular formula is C14H27N. The van der Waals surface area contributed by atoms with Crippen molar-refractivity contribution in [3.05, 3.63) is 0 Å². The van der Waals surface area contributed by atoms with Crippen LogP contribution in [-0.2, 0) is 0 Å². The molecule has 0 N–H and O–H groups in total. The first kappa shape index (κ1) is 11.4. The second kappa shape index (κ2) is 4.45. The largest absolute Gasteiger partial charge is 0.297 e. The average Bonchev–Trinajstić information content (AvgIpc) is 2.23. The van der Waals surface area contributed by atoms with Crippen LogP contribution in [0.4, 0.5) is 0 Å². The molecule has 2 fully saturated rings. The monoisotopic (exact) mass is 209 g/mol. The van der Waals surface area contributed by atoms with Crippen molar-refractivity contribution >= 4 is 0 Å². The van der Waals surface area contributed by atoms with E-state index in [1.807, 2.05) is 0 Å². The summed E-state index contributed by atoms with van der Waals surface area (Å²) in [4.78, 5) is 2.82. The van der Waals surface area contributed by atoms with Crippen LogP contribution in [0, 0.1) is 5.41 Å². The summed E-state index contributed by atoms with van der Waals surface area (Å²) < 4.78 is 0. The Bertz CT molecular complexity index is 203. The molecule has 0 aromatic rings. The Kier molecular flexibility index (Phi) is 3.39. The first-order valence-corrected chi connectivity index (χ1v) is 6.87. The number of likely N-dealkylation sites (tertiary alicyclic amines) is 1. The maximum Gasteiger partial charge on any atom is 0.0121 e. The Balaban J connectivity index is 2.00. The molecule has 1 nitrogen and oxygen atoms in total. The van der Waals surface area contributed by atoms with Crippen LogP contribution >= 0.6 is 0 Å². The van der Waals surface area contributed by atoms with Gasteiger partial charge in [0, 0.05) is 12.1 Å². The molecule has 0 bridgehead atoms. The number of hydrogen-bond acceptors (Lipinski definition) is 1. The smallest absolute Gasteiger partial charge is 0.0121 e. The molecule has 2 rings (SSSR count). The number of piperidine rings is 1. The third-order valence-electron chi connectivity index (χ3n) is 4.91. The number of nitrogens with zero attached hydrogens (tertiary/aromatic N) is 1. The Labute approximate surface area is 95.2 Å². The molecule has 1 heteroatoms. The van der Waals surface area contributed by atoms with Gasteiger partial charge in [0.05, 0.1) is 0 Å². The minimum absolute atomic E-state index is 0.537. The van der Waals surface area contributed by atoms with Gasteiger partial charge in [0.2, 0.25) is 0 Å². The zero-order valence-corrected chi connectivity index (χ0v) is 10.8. The summed E-state index contributed by atoms with van der Waals surface area (Å²) in [5.41, 5.74) is 0.537. The average molecular weight is 209 g/mol. The van der Waals surface area contributed by atoms with Gasteiger partial charge < -0.3 is 0 Å². The Morgan fingerprint density at radius 1 is 1.00 bits per heavy atom. The van der Waals surface area contributed by atoms with Crippen molar-refractivity contribution in [3.63, 3.8) is 0 Å². The fraction of sp³-hybridized carbons (Fsp3) is 1.00. The van der Waals surface area contributed by atoms with Crippen LogP contribution in [-0.4, -0.2) is 23.5 Å². The number of hydrogen-bond donors (Lipinski definition) is 0. The SMILES string of the molecule is CC1N(C2CCCCC2)CCCC1(C)C. The molecule has 1 heterocycles. The van der Waals surface area contributed by atoms with Gasteiger partial charge in [-0.05, 0) is 44.6 Å². The molecule has 0 spiro atoms. The molecule has 1 atom stereocenters. The summed E-state index contributed by atoms with van der Waals surface area (Å²) in [6.07, 6.45) is 10.1. The van der Waals surface area contributed by atoms with Gasteiger partial charge in [-0.2, -0.15) is 0 Å². The van der Waals surface area contributed by atoms with Crippen molar-refractivity contribution in [1.29, 1.82) is 0 Å². The van der Waals surface area contributed by atoms with E-state index in [9.17, 15) is 0 Å². The first-order chi connectivity index (χ1) is 7.11. The van der Waals surface area contributed by atoms with Crippen LogP contribution in [0.15, 0.2) is 0 Å². The summed E-state index contributed by atoms with van der Waals surface area (Å²) in [5.74, 6) is 0. The van der Waals surface area contributed by atoms with E-state index in [-0.39, 0.29) is 0 Å². The van der Waals surface area contributed by atoms with Crippen LogP contribution in [0.3, 0.4) is 0 Å². The van der Waals surface area contributed by atoms with Crippen LogP contribution in [0.5, 0.6) is 0 Å². The van der Waals surface area contributed by atoms with Crippen molar-refractivity contribution < 1.29 is 0 Å². The molecule has 1 saturated heterocycles. The lowest BCUT2D eigenvalue weighted by Gasteiger charge is -2.49. The summed E-state index contributed by atoms with van der Waals surface area (Å²) in [5, 5.41) is 0. The lowest BCUT2D eigenvalue weighted by molar-refractivity contribution is 0.00439. The maximum atomic E-state index is 2.82. The summed E-state index contributed by atoms with van der Waals surface area (Å²) in [6, 6.07) is 1.70. The van der Waals surface area contributed by atoms with Crippen molar-refractivity contribution in [2.75, 3.05) is 6.54 Å². The normalized spacial score (nSPS) is 34.2. The van der Waals surface area contributed by atoms with Gasteiger partial charge in [-0.3, -0.25) is 4.90 Å². The Hall–Kier alpha value is -0.0400. The van der Waals surface area contributed by atoms with Crippen LogP contribution in [0.2, 0.25) is 0 Å². The molecule has 0 aromatic heterocycles. The van der Waals surface area contributed by atoms with Gasteiger partial charge in [-0.1, -0.05) is 33.1 Å². The third kappa shape index (κ3) is 2.38. The minimum Gasteiger partial charge on any atom is -0.297 e. The van der Waals surface area contributed by atoms with E-state index in [4.69, 9.17) is 0 Å². The van der Waals surface area contributed by atoms with Crippen molar-refractivity contribution in [2.45, 2.75) is 77.8 Å².